The summed E-state index contributed by atoms with van der Waals surface area (Å²) in [5, 5.41) is 0. The van der Waals surface area contributed by atoms with Crippen LogP contribution in [-0.2, 0) is 11.2 Å². The van der Waals surface area contributed by atoms with E-state index in [0.717, 1.165) is 31.1 Å². The van der Waals surface area contributed by atoms with E-state index in [4.69, 9.17) is 9.47 Å². The van der Waals surface area contributed by atoms with Crippen LogP contribution in [0.25, 0.3) is 0 Å². The monoisotopic (exact) mass is 450 g/mol. The first kappa shape index (κ1) is 25.3. The molecule has 0 heterocycles. The Kier molecular flexibility index (Phi) is 10.8. The second-order valence-corrected chi connectivity index (χ2v) is 9.60. The fourth-order valence-corrected chi connectivity index (χ4v) is 4.79. The molecule has 180 valence electrons. The van der Waals surface area contributed by atoms with Gasteiger partial charge in [-0.15, -0.1) is 0 Å². The van der Waals surface area contributed by atoms with Gasteiger partial charge in [-0.2, -0.15) is 0 Å². The van der Waals surface area contributed by atoms with Crippen LogP contribution in [0.5, 0.6) is 11.5 Å². The van der Waals surface area contributed by atoms with Crippen molar-refractivity contribution >= 4 is 5.97 Å². The zero-order valence-electron chi connectivity index (χ0n) is 20.7. The lowest BCUT2D eigenvalue weighted by Gasteiger charge is -2.29. The molecule has 1 aliphatic rings. The molecule has 0 saturated heterocycles. The molecule has 0 N–H and O–H groups in total. The number of benzene rings is 2. The van der Waals surface area contributed by atoms with Crippen LogP contribution in [0.4, 0.5) is 0 Å². The Labute approximate surface area is 200 Å². The third-order valence-corrected chi connectivity index (χ3v) is 6.95. The highest BCUT2D eigenvalue weighted by molar-refractivity contribution is 5.72. The van der Waals surface area contributed by atoms with Crippen LogP contribution in [-0.4, -0.2) is 12.6 Å². The van der Waals surface area contributed by atoms with Crippen LogP contribution >= 0.6 is 0 Å². The van der Waals surface area contributed by atoms with E-state index in [2.05, 4.69) is 38.1 Å². The number of hydrogen-bond acceptors (Lipinski definition) is 3. The Balaban J connectivity index is 1.37. The summed E-state index contributed by atoms with van der Waals surface area (Å²) < 4.78 is 11.1. The average Bonchev–Trinajstić information content (AvgIpc) is 2.85. The summed E-state index contributed by atoms with van der Waals surface area (Å²) in [5.74, 6) is 2.85. The van der Waals surface area contributed by atoms with Crippen molar-refractivity contribution in [2.45, 2.75) is 96.8 Å². The van der Waals surface area contributed by atoms with Crippen LogP contribution < -0.4 is 9.47 Å². The maximum atomic E-state index is 12.3. The predicted octanol–water partition coefficient (Wildman–Crippen LogP) is 8.26. The molecular weight excluding hydrogens is 408 g/mol. The van der Waals surface area contributed by atoms with Gasteiger partial charge in [-0.05, 0) is 85.8 Å². The lowest BCUT2D eigenvalue weighted by molar-refractivity contribution is -0.134. The van der Waals surface area contributed by atoms with Crippen molar-refractivity contribution in [3.8, 4) is 11.5 Å². The summed E-state index contributed by atoms with van der Waals surface area (Å²) in [7, 11) is 0. The first-order chi connectivity index (χ1) is 16.2. The van der Waals surface area contributed by atoms with Crippen molar-refractivity contribution in [1.29, 1.82) is 0 Å². The zero-order chi connectivity index (χ0) is 23.3. The summed E-state index contributed by atoms with van der Waals surface area (Å²) in [4.78, 5) is 12.3. The Bertz CT molecular complexity index is 801. The van der Waals surface area contributed by atoms with Crippen molar-refractivity contribution in [2.24, 2.45) is 5.92 Å². The van der Waals surface area contributed by atoms with E-state index >= 15 is 0 Å². The average molecular weight is 451 g/mol. The zero-order valence-corrected chi connectivity index (χ0v) is 20.7. The van der Waals surface area contributed by atoms with E-state index in [-0.39, 0.29) is 5.97 Å². The maximum Gasteiger partial charge on any atom is 0.311 e. The fraction of sp³-hybridized carbons (Fsp3) is 0.567. The minimum Gasteiger partial charge on any atom is -0.494 e. The highest BCUT2D eigenvalue weighted by Gasteiger charge is 2.22. The first-order valence-electron chi connectivity index (χ1n) is 13.2. The van der Waals surface area contributed by atoms with Crippen molar-refractivity contribution in [1.82, 2.24) is 0 Å². The molecule has 0 unspecified atom stereocenters. The Morgan fingerprint density at radius 1 is 0.818 bits per heavy atom. The summed E-state index contributed by atoms with van der Waals surface area (Å²) in [5.41, 5.74) is 2.67. The van der Waals surface area contributed by atoms with Gasteiger partial charge in [0.2, 0.25) is 0 Å². The Morgan fingerprint density at radius 2 is 1.48 bits per heavy atom. The van der Waals surface area contributed by atoms with Gasteiger partial charge in [0.15, 0.2) is 0 Å². The van der Waals surface area contributed by atoms with Crippen molar-refractivity contribution in [3.63, 3.8) is 0 Å². The van der Waals surface area contributed by atoms with Gasteiger partial charge >= 0.3 is 5.97 Å². The Hall–Kier alpha value is -2.29. The molecule has 0 aliphatic heterocycles. The summed E-state index contributed by atoms with van der Waals surface area (Å²) >= 11 is 0. The molecule has 2 aromatic rings. The molecule has 0 aromatic heterocycles. The topological polar surface area (TPSA) is 35.5 Å². The van der Waals surface area contributed by atoms with Gasteiger partial charge in [0.05, 0.1) is 6.61 Å². The Morgan fingerprint density at radius 3 is 2.15 bits per heavy atom. The minimum atomic E-state index is -0.194. The van der Waals surface area contributed by atoms with E-state index < -0.39 is 0 Å². The van der Waals surface area contributed by atoms with Crippen LogP contribution in [0.2, 0.25) is 0 Å². The molecule has 1 fully saturated rings. The van der Waals surface area contributed by atoms with Gasteiger partial charge in [0, 0.05) is 6.42 Å². The number of rotatable bonds is 13. The van der Waals surface area contributed by atoms with Gasteiger partial charge in [0.1, 0.15) is 11.5 Å². The van der Waals surface area contributed by atoms with E-state index in [1.165, 1.54) is 62.5 Å². The largest absolute Gasteiger partial charge is 0.494 e. The van der Waals surface area contributed by atoms with Gasteiger partial charge in [0.25, 0.3) is 0 Å². The number of aryl methyl sites for hydroxylation is 1. The van der Waals surface area contributed by atoms with Gasteiger partial charge in [-0.1, -0.05) is 70.2 Å². The van der Waals surface area contributed by atoms with E-state index in [9.17, 15) is 4.79 Å². The molecule has 0 bridgehead atoms. The second-order valence-electron chi connectivity index (χ2n) is 9.60. The van der Waals surface area contributed by atoms with Crippen molar-refractivity contribution in [2.75, 3.05) is 6.61 Å². The summed E-state index contributed by atoms with van der Waals surface area (Å²) in [6.45, 7) is 5.14. The molecule has 0 atom stereocenters. The lowest BCUT2D eigenvalue weighted by Crippen LogP contribution is -2.13. The third-order valence-electron chi connectivity index (χ3n) is 6.95. The van der Waals surface area contributed by atoms with Crippen molar-refractivity contribution < 1.29 is 14.3 Å². The SMILES string of the molecule is CCCCCC1CCC(c2ccc(CCC(=O)Oc3ccc(OCCCC)cc3)cc2)CC1. The first-order valence-corrected chi connectivity index (χ1v) is 13.2. The minimum absolute atomic E-state index is 0.194. The lowest BCUT2D eigenvalue weighted by atomic mass is 9.77. The predicted molar refractivity (Wildman–Crippen MR) is 136 cm³/mol. The molecule has 1 aliphatic carbocycles. The van der Waals surface area contributed by atoms with E-state index in [0.29, 0.717) is 24.5 Å². The second kappa shape index (κ2) is 14.1. The molecular formula is C30H42O3. The van der Waals surface area contributed by atoms with Crippen LogP contribution in [0.3, 0.4) is 0 Å². The molecule has 3 heteroatoms. The number of carbonyl (C=O) groups is 1. The molecule has 33 heavy (non-hydrogen) atoms. The maximum absolute atomic E-state index is 12.3. The van der Waals surface area contributed by atoms with Gasteiger partial charge in [-0.3, -0.25) is 4.79 Å². The molecule has 3 rings (SSSR count). The van der Waals surface area contributed by atoms with Crippen molar-refractivity contribution in [3.05, 3.63) is 59.7 Å². The molecule has 0 spiro atoms. The smallest absolute Gasteiger partial charge is 0.311 e. The highest BCUT2D eigenvalue weighted by Crippen LogP contribution is 2.37. The van der Waals surface area contributed by atoms with Gasteiger partial charge < -0.3 is 9.47 Å². The molecule has 3 nitrogen and oxygen atoms in total. The number of esters is 1. The molecule has 2 aromatic carbocycles. The quantitative estimate of drug-likeness (QED) is 0.175. The van der Waals surface area contributed by atoms with Crippen LogP contribution in [0.15, 0.2) is 48.5 Å². The third kappa shape index (κ3) is 8.87. The molecule has 1 saturated carbocycles. The highest BCUT2D eigenvalue weighted by atomic mass is 16.5. The summed E-state index contributed by atoms with van der Waals surface area (Å²) in [6.07, 6.45) is 14.2. The fourth-order valence-electron chi connectivity index (χ4n) is 4.79. The number of ether oxygens (including phenoxy) is 2. The number of hydrogen-bond donors (Lipinski definition) is 0. The van der Waals surface area contributed by atoms with Crippen LogP contribution in [0, 0.1) is 5.92 Å². The number of unbranched alkanes of at least 4 members (excludes halogenated alkanes) is 3. The van der Waals surface area contributed by atoms with E-state index in [1.54, 1.807) is 12.1 Å². The summed E-state index contributed by atoms with van der Waals surface area (Å²) in [6, 6.07) is 16.3. The van der Waals surface area contributed by atoms with Crippen LogP contribution in [0.1, 0.15) is 102 Å². The molecule has 0 amide bonds. The number of carbonyl (C=O) groups excluding carboxylic acids is 1. The molecule has 0 radical (unpaired) electrons. The van der Waals surface area contributed by atoms with E-state index in [1.807, 2.05) is 12.1 Å². The standard InChI is InChI=1S/C30H42O3/c1-3-5-7-8-24-9-14-26(15-10-24)27-16-11-25(12-17-27)13-22-30(31)33-29-20-18-28(19-21-29)32-23-6-4-2/h11-12,16-21,24,26H,3-10,13-15,22-23H2,1-2H3. The van der Waals surface area contributed by atoms with Gasteiger partial charge in [-0.25, -0.2) is 0 Å². The normalized spacial score (nSPS) is 18.1.